The molecule has 2 aromatic heterocycles. The summed E-state index contributed by atoms with van der Waals surface area (Å²) >= 11 is 0. The molecule has 78 valence electrons. The van der Waals surface area contributed by atoms with Crippen LogP contribution in [0.15, 0.2) is 24.8 Å². The minimum atomic E-state index is 0.502. The summed E-state index contributed by atoms with van der Waals surface area (Å²) < 4.78 is 1.66. The Kier molecular flexibility index (Phi) is 2.49. The number of hydrogen-bond donors (Lipinski definition) is 0. The maximum absolute atomic E-state index is 4.50. The van der Waals surface area contributed by atoms with E-state index in [1.54, 1.807) is 11.0 Å². The van der Waals surface area contributed by atoms with Crippen LogP contribution in [0.3, 0.4) is 0 Å². The zero-order valence-electron chi connectivity index (χ0n) is 9.18. The number of hydrogen-bond acceptors (Lipinski definition) is 3. The number of nitrogens with zero attached hydrogens (tertiary/aromatic N) is 4. The minimum Gasteiger partial charge on any atom is -0.234 e. The number of aryl methyl sites for hydroxylation is 1. The molecule has 15 heavy (non-hydrogen) atoms. The maximum Gasteiger partial charge on any atom is 0.155 e. The molecule has 0 aliphatic rings. The molecule has 0 N–H and O–H groups in total. The Hall–Kier alpha value is -1.71. The minimum absolute atomic E-state index is 0.502. The first-order valence-corrected chi connectivity index (χ1v) is 5.01. The fourth-order valence-corrected chi connectivity index (χ4v) is 1.62. The topological polar surface area (TPSA) is 43.6 Å². The van der Waals surface area contributed by atoms with Gasteiger partial charge in [0, 0.05) is 5.69 Å². The molecule has 0 amide bonds. The van der Waals surface area contributed by atoms with E-state index in [-0.39, 0.29) is 0 Å². The molecule has 0 saturated carbocycles. The Labute approximate surface area is 89.0 Å². The summed E-state index contributed by atoms with van der Waals surface area (Å²) in [5, 5.41) is 4.05. The molecule has 0 aliphatic heterocycles. The zero-order valence-corrected chi connectivity index (χ0v) is 9.18. The summed E-state index contributed by atoms with van der Waals surface area (Å²) in [5.41, 5.74) is 2.33. The third-order valence-electron chi connectivity index (χ3n) is 2.39. The molecule has 4 heteroatoms. The van der Waals surface area contributed by atoms with Gasteiger partial charge in [0.25, 0.3) is 0 Å². The van der Waals surface area contributed by atoms with Crippen molar-refractivity contribution in [2.75, 3.05) is 0 Å². The summed E-state index contributed by atoms with van der Waals surface area (Å²) in [4.78, 5) is 8.39. The monoisotopic (exact) mass is 202 g/mol. The second kappa shape index (κ2) is 3.81. The number of rotatable bonds is 2. The molecule has 2 heterocycles. The zero-order chi connectivity index (χ0) is 10.8. The van der Waals surface area contributed by atoms with Gasteiger partial charge >= 0.3 is 0 Å². The fourth-order valence-electron chi connectivity index (χ4n) is 1.62. The molecule has 4 nitrogen and oxygen atoms in total. The van der Waals surface area contributed by atoms with Crippen molar-refractivity contribution in [3.05, 3.63) is 36.0 Å². The average Bonchev–Trinajstić information content (AvgIpc) is 2.69. The predicted molar refractivity (Wildman–Crippen MR) is 58.0 cm³/mol. The lowest BCUT2D eigenvalue weighted by atomic mass is 10.0. The van der Waals surface area contributed by atoms with Gasteiger partial charge in [0.05, 0.1) is 0 Å². The normalized spacial score (nSPS) is 10.9. The molecule has 0 fully saturated rings. The van der Waals surface area contributed by atoms with Crippen molar-refractivity contribution in [3.8, 4) is 5.82 Å². The van der Waals surface area contributed by atoms with Gasteiger partial charge in [0.1, 0.15) is 12.7 Å². The van der Waals surface area contributed by atoms with Crippen LogP contribution in [0.5, 0.6) is 0 Å². The Morgan fingerprint density at radius 1 is 1.27 bits per heavy atom. The Morgan fingerprint density at radius 2 is 2.07 bits per heavy atom. The predicted octanol–water partition coefficient (Wildman–Crippen LogP) is 2.09. The quantitative estimate of drug-likeness (QED) is 0.749. The first-order valence-electron chi connectivity index (χ1n) is 5.01. The summed E-state index contributed by atoms with van der Waals surface area (Å²) in [6, 6.07) is 4.07. The first kappa shape index (κ1) is 9.83. The van der Waals surface area contributed by atoms with E-state index in [0.717, 1.165) is 11.5 Å². The van der Waals surface area contributed by atoms with Crippen molar-refractivity contribution in [3.63, 3.8) is 0 Å². The van der Waals surface area contributed by atoms with Crippen molar-refractivity contribution in [1.82, 2.24) is 19.7 Å². The van der Waals surface area contributed by atoms with E-state index >= 15 is 0 Å². The Balaban J connectivity index is 2.42. The standard InChI is InChI=1S/C11H14N4/c1-8(2)10-4-5-11(14-9(10)3)15-7-12-6-13-15/h4-8H,1-3H3. The second-order valence-electron chi connectivity index (χ2n) is 3.84. The second-order valence-corrected chi connectivity index (χ2v) is 3.84. The van der Waals surface area contributed by atoms with Gasteiger partial charge in [0.15, 0.2) is 5.82 Å². The van der Waals surface area contributed by atoms with E-state index in [2.05, 4.69) is 35.0 Å². The molecule has 0 aliphatic carbocycles. The van der Waals surface area contributed by atoms with E-state index in [1.165, 1.54) is 11.9 Å². The van der Waals surface area contributed by atoms with Gasteiger partial charge in [-0.1, -0.05) is 19.9 Å². The molecule has 2 rings (SSSR count). The van der Waals surface area contributed by atoms with Crippen LogP contribution in [0, 0.1) is 6.92 Å². The molecular formula is C11H14N4. The van der Waals surface area contributed by atoms with Crippen LogP contribution in [0.25, 0.3) is 5.82 Å². The summed E-state index contributed by atoms with van der Waals surface area (Å²) in [5.74, 6) is 1.32. The van der Waals surface area contributed by atoms with Crippen LogP contribution in [0.2, 0.25) is 0 Å². The lowest BCUT2D eigenvalue weighted by molar-refractivity contribution is 0.807. The van der Waals surface area contributed by atoms with Gasteiger partial charge in [-0.25, -0.2) is 14.6 Å². The maximum atomic E-state index is 4.50. The van der Waals surface area contributed by atoms with Crippen LogP contribution in [-0.2, 0) is 0 Å². The van der Waals surface area contributed by atoms with Crippen molar-refractivity contribution < 1.29 is 0 Å². The number of aromatic nitrogens is 4. The van der Waals surface area contributed by atoms with Crippen LogP contribution < -0.4 is 0 Å². The van der Waals surface area contributed by atoms with E-state index in [4.69, 9.17) is 0 Å². The van der Waals surface area contributed by atoms with Crippen molar-refractivity contribution in [2.45, 2.75) is 26.7 Å². The molecule has 0 radical (unpaired) electrons. The Bertz CT molecular complexity index is 446. The smallest absolute Gasteiger partial charge is 0.155 e. The molecule has 0 atom stereocenters. The van der Waals surface area contributed by atoms with Crippen LogP contribution in [0.1, 0.15) is 31.0 Å². The molecule has 2 aromatic rings. The van der Waals surface area contributed by atoms with Crippen LogP contribution in [-0.4, -0.2) is 19.7 Å². The SMILES string of the molecule is Cc1nc(-n2cncn2)ccc1C(C)C. The largest absolute Gasteiger partial charge is 0.234 e. The highest BCUT2D eigenvalue weighted by Gasteiger charge is 2.06. The Morgan fingerprint density at radius 3 is 2.60 bits per heavy atom. The summed E-state index contributed by atoms with van der Waals surface area (Å²) in [6.45, 7) is 6.36. The van der Waals surface area contributed by atoms with Gasteiger partial charge in [0.2, 0.25) is 0 Å². The van der Waals surface area contributed by atoms with E-state index < -0.39 is 0 Å². The third kappa shape index (κ3) is 1.88. The molecule has 0 bridgehead atoms. The lowest BCUT2D eigenvalue weighted by Gasteiger charge is -2.09. The van der Waals surface area contributed by atoms with Crippen molar-refractivity contribution in [1.29, 1.82) is 0 Å². The van der Waals surface area contributed by atoms with E-state index in [0.29, 0.717) is 5.92 Å². The highest BCUT2D eigenvalue weighted by Crippen LogP contribution is 2.18. The third-order valence-corrected chi connectivity index (χ3v) is 2.39. The van der Waals surface area contributed by atoms with Gasteiger partial charge in [-0.2, -0.15) is 5.10 Å². The summed E-state index contributed by atoms with van der Waals surface area (Å²) in [6.07, 6.45) is 3.16. The lowest BCUT2D eigenvalue weighted by Crippen LogP contribution is -2.02. The van der Waals surface area contributed by atoms with Gasteiger partial charge < -0.3 is 0 Å². The average molecular weight is 202 g/mol. The summed E-state index contributed by atoms with van der Waals surface area (Å²) in [7, 11) is 0. The van der Waals surface area contributed by atoms with Crippen LogP contribution >= 0.6 is 0 Å². The van der Waals surface area contributed by atoms with Crippen LogP contribution in [0.4, 0.5) is 0 Å². The fraction of sp³-hybridized carbons (Fsp3) is 0.364. The molecule has 0 saturated heterocycles. The van der Waals surface area contributed by atoms with Gasteiger partial charge in [-0.3, -0.25) is 0 Å². The molecule has 0 unspecified atom stereocenters. The highest BCUT2D eigenvalue weighted by molar-refractivity contribution is 5.30. The van der Waals surface area contributed by atoms with Gasteiger partial charge in [-0.15, -0.1) is 0 Å². The van der Waals surface area contributed by atoms with Crippen molar-refractivity contribution >= 4 is 0 Å². The van der Waals surface area contributed by atoms with E-state index in [1.807, 2.05) is 13.0 Å². The van der Waals surface area contributed by atoms with E-state index in [9.17, 15) is 0 Å². The number of pyridine rings is 1. The van der Waals surface area contributed by atoms with Gasteiger partial charge in [-0.05, 0) is 24.5 Å². The molecular weight excluding hydrogens is 188 g/mol. The van der Waals surface area contributed by atoms with Crippen molar-refractivity contribution in [2.24, 2.45) is 0 Å². The molecule has 0 aromatic carbocycles. The molecule has 0 spiro atoms. The first-order chi connectivity index (χ1) is 7.18. The highest BCUT2D eigenvalue weighted by atomic mass is 15.3.